The summed E-state index contributed by atoms with van der Waals surface area (Å²) in [5.41, 5.74) is 3.73. The van der Waals surface area contributed by atoms with Crippen LogP contribution in [0.3, 0.4) is 0 Å². The normalized spacial score (nSPS) is 11.7. The Hall–Kier alpha value is -2.15. The number of aromatic nitrogens is 3. The Morgan fingerprint density at radius 2 is 1.73 bits per heavy atom. The second-order valence-corrected chi connectivity index (χ2v) is 6.66. The monoisotopic (exact) mass is 296 g/mol. The Morgan fingerprint density at radius 1 is 1.14 bits per heavy atom. The maximum atomic E-state index is 9.30. The summed E-state index contributed by atoms with van der Waals surface area (Å²) in [4.78, 5) is 0. The van der Waals surface area contributed by atoms with Gasteiger partial charge < -0.3 is 0 Å². The first-order valence-electron chi connectivity index (χ1n) is 7.89. The van der Waals surface area contributed by atoms with Crippen molar-refractivity contribution in [2.45, 2.75) is 58.8 Å². The molecule has 1 aromatic carbocycles. The maximum absolute atomic E-state index is 9.30. The molecule has 0 N–H and O–H groups in total. The first-order chi connectivity index (χ1) is 10.4. The number of nitriles is 1. The lowest BCUT2D eigenvalue weighted by Gasteiger charge is -2.20. The zero-order valence-corrected chi connectivity index (χ0v) is 14.1. The van der Waals surface area contributed by atoms with Crippen LogP contribution in [0.1, 0.15) is 70.3 Å². The highest BCUT2D eigenvalue weighted by Crippen LogP contribution is 2.28. The average Bonchev–Trinajstić information content (AvgIpc) is 2.92. The highest BCUT2D eigenvalue weighted by atomic mass is 15.4. The van der Waals surface area contributed by atoms with Crippen molar-refractivity contribution in [2.75, 3.05) is 0 Å². The van der Waals surface area contributed by atoms with E-state index in [1.165, 1.54) is 5.56 Å². The zero-order chi connectivity index (χ0) is 16.3. The Bertz CT molecular complexity index is 665. The van der Waals surface area contributed by atoms with E-state index in [0.717, 1.165) is 24.2 Å². The van der Waals surface area contributed by atoms with Gasteiger partial charge in [0.15, 0.2) is 5.69 Å². The van der Waals surface area contributed by atoms with E-state index >= 15 is 0 Å². The van der Waals surface area contributed by atoms with E-state index in [2.05, 4.69) is 75.3 Å². The van der Waals surface area contributed by atoms with Crippen LogP contribution in [0.25, 0.3) is 5.69 Å². The topological polar surface area (TPSA) is 54.5 Å². The highest BCUT2D eigenvalue weighted by molar-refractivity contribution is 5.40. The summed E-state index contributed by atoms with van der Waals surface area (Å²) < 4.78 is 1.82. The van der Waals surface area contributed by atoms with Crippen molar-refractivity contribution in [2.24, 2.45) is 0 Å². The van der Waals surface area contributed by atoms with Crippen molar-refractivity contribution in [3.05, 3.63) is 41.2 Å². The molecule has 0 aliphatic rings. The van der Waals surface area contributed by atoms with E-state index < -0.39 is 0 Å². The minimum atomic E-state index is 0.122. The van der Waals surface area contributed by atoms with E-state index in [0.29, 0.717) is 11.6 Å². The Labute approximate surface area is 132 Å². The van der Waals surface area contributed by atoms with Crippen LogP contribution in [-0.4, -0.2) is 15.0 Å². The molecule has 1 aromatic heterocycles. The molecule has 0 atom stereocenters. The Balaban J connectivity index is 2.49. The zero-order valence-electron chi connectivity index (χ0n) is 14.1. The fraction of sp³-hybridized carbons (Fsp3) is 0.500. The van der Waals surface area contributed by atoms with Gasteiger partial charge in [0.25, 0.3) is 0 Å². The van der Waals surface area contributed by atoms with Gasteiger partial charge in [0.05, 0.1) is 11.4 Å². The molecule has 4 heteroatoms. The molecule has 0 aliphatic heterocycles. The summed E-state index contributed by atoms with van der Waals surface area (Å²) in [5.74, 6) is 0.298. The quantitative estimate of drug-likeness (QED) is 0.843. The summed E-state index contributed by atoms with van der Waals surface area (Å²) in [6, 6.07) is 10.5. The molecule has 0 fully saturated rings. The predicted octanol–water partition coefficient (Wildman–Crippen LogP) is 4.34. The van der Waals surface area contributed by atoms with Gasteiger partial charge in [-0.1, -0.05) is 52.0 Å². The smallest absolute Gasteiger partial charge is 0.186 e. The number of rotatable bonds is 4. The summed E-state index contributed by atoms with van der Waals surface area (Å²) in [6.45, 7) is 10.9. The number of hydrogen-bond acceptors (Lipinski definition) is 3. The third-order valence-corrected chi connectivity index (χ3v) is 4.16. The van der Waals surface area contributed by atoms with Crippen molar-refractivity contribution in [1.29, 1.82) is 5.26 Å². The minimum Gasteiger partial charge on any atom is -0.216 e. The molecule has 22 heavy (non-hydrogen) atoms. The van der Waals surface area contributed by atoms with Gasteiger partial charge in [0, 0.05) is 5.92 Å². The van der Waals surface area contributed by atoms with Crippen LogP contribution in [-0.2, 0) is 5.41 Å². The highest BCUT2D eigenvalue weighted by Gasteiger charge is 2.21. The average molecular weight is 296 g/mol. The van der Waals surface area contributed by atoms with Crippen molar-refractivity contribution in [1.82, 2.24) is 15.0 Å². The third-order valence-electron chi connectivity index (χ3n) is 4.16. The van der Waals surface area contributed by atoms with Gasteiger partial charge in [-0.15, -0.1) is 5.10 Å². The summed E-state index contributed by atoms with van der Waals surface area (Å²) in [6.07, 6.45) is 1.94. The standard InChI is InChI=1S/C18H24N4/c1-6-13(7-2)17-16(12-19)20-21-22(17)15-10-8-14(9-11-15)18(3,4)5/h8-11,13H,6-7H2,1-5H3. The van der Waals surface area contributed by atoms with E-state index in [1.807, 2.05) is 4.68 Å². The molecule has 0 unspecified atom stereocenters. The van der Waals surface area contributed by atoms with Gasteiger partial charge in [0.1, 0.15) is 6.07 Å². The molecular weight excluding hydrogens is 272 g/mol. The molecule has 1 heterocycles. The Morgan fingerprint density at radius 3 is 2.18 bits per heavy atom. The lowest BCUT2D eigenvalue weighted by Crippen LogP contribution is -2.12. The molecule has 116 valence electrons. The van der Waals surface area contributed by atoms with Gasteiger partial charge in [-0.25, -0.2) is 4.68 Å². The molecule has 4 nitrogen and oxygen atoms in total. The van der Waals surface area contributed by atoms with Gasteiger partial charge in [0.2, 0.25) is 0 Å². The second kappa shape index (κ2) is 6.31. The van der Waals surface area contributed by atoms with E-state index in [9.17, 15) is 5.26 Å². The van der Waals surface area contributed by atoms with Crippen LogP contribution in [0, 0.1) is 11.3 Å². The minimum absolute atomic E-state index is 0.122. The predicted molar refractivity (Wildman–Crippen MR) is 88.1 cm³/mol. The van der Waals surface area contributed by atoms with Crippen molar-refractivity contribution < 1.29 is 0 Å². The van der Waals surface area contributed by atoms with Gasteiger partial charge in [-0.3, -0.25) is 0 Å². The molecule has 0 saturated heterocycles. The lowest BCUT2D eigenvalue weighted by atomic mass is 9.87. The van der Waals surface area contributed by atoms with Crippen molar-refractivity contribution >= 4 is 0 Å². The third kappa shape index (κ3) is 3.04. The first-order valence-corrected chi connectivity index (χ1v) is 7.89. The number of benzene rings is 1. The van der Waals surface area contributed by atoms with Crippen LogP contribution in [0.15, 0.2) is 24.3 Å². The SMILES string of the molecule is CCC(CC)c1c(C#N)nnn1-c1ccc(C(C)(C)C)cc1. The largest absolute Gasteiger partial charge is 0.216 e. The molecule has 0 bridgehead atoms. The van der Waals surface area contributed by atoms with Gasteiger partial charge in [-0.05, 0) is 36.0 Å². The van der Waals surface area contributed by atoms with E-state index in [4.69, 9.17) is 0 Å². The molecule has 0 saturated carbocycles. The lowest BCUT2D eigenvalue weighted by molar-refractivity contribution is 0.586. The molecule has 0 amide bonds. The van der Waals surface area contributed by atoms with Crippen LogP contribution in [0.2, 0.25) is 0 Å². The fourth-order valence-corrected chi connectivity index (χ4v) is 2.70. The van der Waals surface area contributed by atoms with Crippen LogP contribution >= 0.6 is 0 Å². The van der Waals surface area contributed by atoms with E-state index in [-0.39, 0.29) is 5.41 Å². The first kappa shape index (κ1) is 16.2. The molecule has 0 radical (unpaired) electrons. The molecule has 2 aromatic rings. The summed E-state index contributed by atoms with van der Waals surface area (Å²) in [5, 5.41) is 17.6. The Kier molecular flexibility index (Phi) is 4.65. The molecule has 0 spiro atoms. The molecular formula is C18H24N4. The molecule has 2 rings (SSSR count). The summed E-state index contributed by atoms with van der Waals surface area (Å²) >= 11 is 0. The van der Waals surface area contributed by atoms with Crippen LogP contribution < -0.4 is 0 Å². The van der Waals surface area contributed by atoms with Crippen molar-refractivity contribution in [3.8, 4) is 11.8 Å². The van der Waals surface area contributed by atoms with Gasteiger partial charge >= 0.3 is 0 Å². The second-order valence-electron chi connectivity index (χ2n) is 6.66. The van der Waals surface area contributed by atoms with Crippen LogP contribution in [0.5, 0.6) is 0 Å². The van der Waals surface area contributed by atoms with E-state index in [1.54, 1.807) is 0 Å². The number of nitrogens with zero attached hydrogens (tertiary/aromatic N) is 4. The van der Waals surface area contributed by atoms with Crippen LogP contribution in [0.4, 0.5) is 0 Å². The van der Waals surface area contributed by atoms with Gasteiger partial charge in [-0.2, -0.15) is 5.26 Å². The molecule has 0 aliphatic carbocycles. The number of hydrogen-bond donors (Lipinski definition) is 0. The summed E-state index contributed by atoms with van der Waals surface area (Å²) in [7, 11) is 0. The fourth-order valence-electron chi connectivity index (χ4n) is 2.70. The van der Waals surface area contributed by atoms with Crippen molar-refractivity contribution in [3.63, 3.8) is 0 Å². The maximum Gasteiger partial charge on any atom is 0.186 e.